The lowest BCUT2D eigenvalue weighted by Gasteiger charge is -2.08. The molecule has 0 aromatic carbocycles. The molecule has 0 aliphatic carbocycles. The number of amides is 1. The Kier molecular flexibility index (Phi) is 3.30. The van der Waals surface area contributed by atoms with Crippen LogP contribution in [0, 0.1) is 12.8 Å². The van der Waals surface area contributed by atoms with Gasteiger partial charge in [0.15, 0.2) is 0 Å². The number of thioether (sulfide) groups is 1. The molecular formula is C10H15N3OS. The second-order valence-corrected chi connectivity index (χ2v) is 4.95. The highest BCUT2D eigenvalue weighted by Gasteiger charge is 2.22. The molecule has 1 aliphatic rings. The summed E-state index contributed by atoms with van der Waals surface area (Å²) in [6.07, 6.45) is 2.78. The molecule has 1 atom stereocenters. The number of hydrogen-bond donors (Lipinski definition) is 2. The molecule has 1 amide bonds. The molecule has 1 aromatic rings. The number of aromatic nitrogens is 2. The second kappa shape index (κ2) is 4.70. The molecule has 1 aromatic heterocycles. The van der Waals surface area contributed by atoms with Gasteiger partial charge in [-0.15, -0.1) is 0 Å². The number of carbonyl (C=O) groups excluding carboxylic acids is 1. The van der Waals surface area contributed by atoms with Crippen molar-refractivity contribution in [1.82, 2.24) is 15.5 Å². The fraction of sp³-hybridized carbons (Fsp3) is 0.600. The first kappa shape index (κ1) is 10.5. The van der Waals surface area contributed by atoms with E-state index < -0.39 is 0 Å². The molecule has 0 saturated carbocycles. The van der Waals surface area contributed by atoms with E-state index in [1.165, 1.54) is 0 Å². The van der Waals surface area contributed by atoms with Crippen LogP contribution in [0.5, 0.6) is 0 Å². The lowest BCUT2D eigenvalue weighted by molar-refractivity contribution is -0.124. The molecule has 0 radical (unpaired) electrons. The Morgan fingerprint density at radius 3 is 3.27 bits per heavy atom. The Bertz CT molecular complexity index is 344. The molecule has 1 fully saturated rings. The highest BCUT2D eigenvalue weighted by Crippen LogP contribution is 2.23. The number of aromatic amines is 1. The molecule has 1 aliphatic heterocycles. The normalized spacial score (nSPS) is 20.5. The van der Waals surface area contributed by atoms with Crippen molar-refractivity contribution in [3.05, 3.63) is 17.5 Å². The van der Waals surface area contributed by atoms with Crippen molar-refractivity contribution in [2.24, 2.45) is 5.92 Å². The molecule has 82 valence electrons. The summed E-state index contributed by atoms with van der Waals surface area (Å²) < 4.78 is 0. The van der Waals surface area contributed by atoms with Gasteiger partial charge >= 0.3 is 0 Å². The van der Waals surface area contributed by atoms with E-state index in [9.17, 15) is 4.79 Å². The standard InChI is InChI=1S/C10H15N3OS/c1-7-9(5-12-13-7)4-11-10(14)8-2-3-15-6-8/h5,8H,2-4,6H2,1H3,(H,11,14)(H,12,13). The van der Waals surface area contributed by atoms with Gasteiger partial charge in [-0.2, -0.15) is 16.9 Å². The number of H-pyrrole nitrogens is 1. The predicted octanol–water partition coefficient (Wildman–Crippen LogP) is 1.09. The van der Waals surface area contributed by atoms with Crippen LogP contribution in [0.2, 0.25) is 0 Å². The van der Waals surface area contributed by atoms with Crippen LogP contribution in [0.25, 0.3) is 0 Å². The van der Waals surface area contributed by atoms with Crippen molar-refractivity contribution < 1.29 is 4.79 Å². The average molecular weight is 225 g/mol. The van der Waals surface area contributed by atoms with Crippen molar-refractivity contribution in [3.8, 4) is 0 Å². The first-order chi connectivity index (χ1) is 7.27. The fourth-order valence-corrected chi connectivity index (χ4v) is 2.84. The fourth-order valence-electron chi connectivity index (χ4n) is 1.62. The SMILES string of the molecule is Cc1[nH]ncc1CNC(=O)C1CCSC1. The molecular weight excluding hydrogens is 210 g/mol. The molecule has 0 bridgehead atoms. The van der Waals surface area contributed by atoms with Crippen LogP contribution in [0.3, 0.4) is 0 Å². The highest BCUT2D eigenvalue weighted by molar-refractivity contribution is 7.99. The summed E-state index contributed by atoms with van der Waals surface area (Å²) in [5.74, 6) is 2.47. The number of carbonyl (C=O) groups is 1. The van der Waals surface area contributed by atoms with Crippen LogP contribution in [-0.2, 0) is 11.3 Å². The topological polar surface area (TPSA) is 57.8 Å². The Morgan fingerprint density at radius 2 is 2.67 bits per heavy atom. The lowest BCUT2D eigenvalue weighted by atomic mass is 10.1. The van der Waals surface area contributed by atoms with Gasteiger partial charge in [0, 0.05) is 29.5 Å². The van der Waals surface area contributed by atoms with Crippen LogP contribution < -0.4 is 5.32 Å². The maximum atomic E-state index is 11.7. The molecule has 2 N–H and O–H groups in total. The van der Waals surface area contributed by atoms with Gasteiger partial charge in [-0.25, -0.2) is 0 Å². The summed E-state index contributed by atoms with van der Waals surface area (Å²) in [5.41, 5.74) is 2.09. The molecule has 15 heavy (non-hydrogen) atoms. The average Bonchev–Trinajstić information content (AvgIpc) is 2.85. The monoisotopic (exact) mass is 225 g/mol. The Labute approximate surface area is 93.2 Å². The maximum absolute atomic E-state index is 11.7. The van der Waals surface area contributed by atoms with Gasteiger partial charge in [-0.3, -0.25) is 9.89 Å². The minimum atomic E-state index is 0.181. The zero-order valence-electron chi connectivity index (χ0n) is 8.75. The van der Waals surface area contributed by atoms with Crippen LogP contribution in [0.1, 0.15) is 17.7 Å². The van der Waals surface area contributed by atoms with Crippen LogP contribution in [-0.4, -0.2) is 27.6 Å². The molecule has 0 spiro atoms. The van der Waals surface area contributed by atoms with Crippen LogP contribution in [0.15, 0.2) is 6.20 Å². The van der Waals surface area contributed by atoms with Crippen molar-refractivity contribution >= 4 is 17.7 Å². The van der Waals surface area contributed by atoms with E-state index in [1.807, 2.05) is 18.7 Å². The van der Waals surface area contributed by atoms with Crippen molar-refractivity contribution in [2.75, 3.05) is 11.5 Å². The smallest absolute Gasteiger partial charge is 0.224 e. The van der Waals surface area contributed by atoms with Gasteiger partial charge in [0.05, 0.1) is 6.20 Å². The molecule has 1 unspecified atom stereocenters. The van der Waals surface area contributed by atoms with E-state index in [0.29, 0.717) is 6.54 Å². The minimum absolute atomic E-state index is 0.181. The third-order valence-electron chi connectivity index (χ3n) is 2.69. The molecule has 1 saturated heterocycles. The summed E-state index contributed by atoms with van der Waals surface area (Å²) in [5, 5.41) is 9.73. The van der Waals surface area contributed by atoms with E-state index >= 15 is 0 Å². The van der Waals surface area contributed by atoms with Crippen LogP contribution in [0.4, 0.5) is 0 Å². The number of nitrogens with zero attached hydrogens (tertiary/aromatic N) is 1. The summed E-state index contributed by atoms with van der Waals surface area (Å²) >= 11 is 1.86. The molecule has 2 heterocycles. The Hall–Kier alpha value is -0.970. The van der Waals surface area contributed by atoms with Gasteiger partial charge in [0.2, 0.25) is 5.91 Å². The van der Waals surface area contributed by atoms with Gasteiger partial charge in [0.1, 0.15) is 0 Å². The van der Waals surface area contributed by atoms with Crippen LogP contribution >= 0.6 is 11.8 Å². The van der Waals surface area contributed by atoms with E-state index in [0.717, 1.165) is 29.2 Å². The van der Waals surface area contributed by atoms with E-state index in [1.54, 1.807) is 6.20 Å². The molecule has 5 heteroatoms. The largest absolute Gasteiger partial charge is 0.352 e. The van der Waals surface area contributed by atoms with Crippen molar-refractivity contribution in [3.63, 3.8) is 0 Å². The Balaban J connectivity index is 1.83. The third kappa shape index (κ3) is 2.53. The van der Waals surface area contributed by atoms with E-state index in [4.69, 9.17) is 0 Å². The van der Waals surface area contributed by atoms with Gasteiger partial charge < -0.3 is 5.32 Å². The maximum Gasteiger partial charge on any atom is 0.224 e. The summed E-state index contributed by atoms with van der Waals surface area (Å²) in [4.78, 5) is 11.7. The number of rotatable bonds is 3. The lowest BCUT2D eigenvalue weighted by Crippen LogP contribution is -2.30. The highest BCUT2D eigenvalue weighted by atomic mass is 32.2. The Morgan fingerprint density at radius 1 is 1.80 bits per heavy atom. The molecule has 2 rings (SSSR count). The molecule has 4 nitrogen and oxygen atoms in total. The number of nitrogens with one attached hydrogen (secondary N) is 2. The first-order valence-electron chi connectivity index (χ1n) is 5.11. The zero-order valence-corrected chi connectivity index (χ0v) is 9.56. The van der Waals surface area contributed by atoms with E-state index in [2.05, 4.69) is 15.5 Å². The summed E-state index contributed by atoms with van der Waals surface area (Å²) in [6.45, 7) is 2.54. The zero-order chi connectivity index (χ0) is 10.7. The second-order valence-electron chi connectivity index (χ2n) is 3.80. The number of aryl methyl sites for hydroxylation is 1. The van der Waals surface area contributed by atoms with Gasteiger partial charge in [-0.05, 0) is 19.1 Å². The number of hydrogen-bond acceptors (Lipinski definition) is 3. The summed E-state index contributed by atoms with van der Waals surface area (Å²) in [6, 6.07) is 0. The quantitative estimate of drug-likeness (QED) is 0.809. The van der Waals surface area contributed by atoms with Gasteiger partial charge in [-0.1, -0.05) is 0 Å². The predicted molar refractivity (Wildman–Crippen MR) is 60.6 cm³/mol. The minimum Gasteiger partial charge on any atom is -0.352 e. The van der Waals surface area contributed by atoms with E-state index in [-0.39, 0.29) is 11.8 Å². The first-order valence-corrected chi connectivity index (χ1v) is 6.27. The summed E-state index contributed by atoms with van der Waals surface area (Å²) in [7, 11) is 0. The van der Waals surface area contributed by atoms with Crippen molar-refractivity contribution in [2.45, 2.75) is 19.9 Å². The third-order valence-corrected chi connectivity index (χ3v) is 3.85. The van der Waals surface area contributed by atoms with Crippen molar-refractivity contribution in [1.29, 1.82) is 0 Å². The van der Waals surface area contributed by atoms with Gasteiger partial charge in [0.25, 0.3) is 0 Å².